The molecule has 6 atom stereocenters. The second-order valence-electron chi connectivity index (χ2n) is 10.9. The normalized spacial score (nSPS) is 24.0. The van der Waals surface area contributed by atoms with Crippen LogP contribution in [0, 0.1) is 0 Å². The number of aromatic nitrogens is 8. The van der Waals surface area contributed by atoms with E-state index in [0.29, 0.717) is 5.65 Å². The summed E-state index contributed by atoms with van der Waals surface area (Å²) in [5.74, 6) is -1.92. The van der Waals surface area contributed by atoms with Gasteiger partial charge in [0, 0.05) is 40.5 Å². The van der Waals surface area contributed by atoms with Crippen molar-refractivity contribution in [2.75, 3.05) is 13.2 Å². The monoisotopic (exact) mass is 654 g/mol. The quantitative estimate of drug-likeness (QED) is 0.175. The molecule has 19 heteroatoms. The second kappa shape index (κ2) is 12.8. The fourth-order valence-corrected chi connectivity index (χ4v) is 5.62. The third-order valence-corrected chi connectivity index (χ3v) is 7.57. The SMILES string of the molecule is CC(=O)OC[C@H]1O[C@@H](n2cnc3c(-n4cnc5c(ncn5[C@H]5C[C@H](OC(C)=O)[C@@H](COC(C)=O)O5)c4=O)ncnc32)C[C@@H]1OC(C)=O. The topological polar surface area (TPSA) is 220 Å². The molecule has 6 heterocycles. The Bertz CT molecular complexity index is 1920. The summed E-state index contributed by atoms with van der Waals surface area (Å²) < 4.78 is 37.4. The van der Waals surface area contributed by atoms with Crippen LogP contribution in [0.3, 0.4) is 0 Å². The number of carbonyl (C=O) groups is 4. The Morgan fingerprint density at radius 1 is 0.702 bits per heavy atom. The van der Waals surface area contributed by atoms with Crippen molar-refractivity contribution in [2.45, 2.75) is 77.4 Å². The molecule has 2 aliphatic rings. The fourth-order valence-electron chi connectivity index (χ4n) is 5.62. The van der Waals surface area contributed by atoms with E-state index in [1.807, 2.05) is 0 Å². The van der Waals surface area contributed by atoms with Crippen molar-refractivity contribution >= 4 is 46.2 Å². The standard InChI is InChI=1S/C28H30N8O11/c1-13(37)42-7-19-17(44-15(3)39)5-21(46-19)34-10-31-23-25(34)29-9-30-26(23)36-12-33-27-24(28(36)41)32-11-35(27)22-6-18(45-16(4)40)20(47-22)8-43-14(2)38/h9-12,17-22H,5-8H2,1-4H3/t17-,18-,19+,20+,21+,22+/m0/s1. The molecule has 0 radical (unpaired) electrons. The Kier molecular flexibility index (Phi) is 8.65. The van der Waals surface area contributed by atoms with Gasteiger partial charge in [0.15, 0.2) is 28.1 Å². The van der Waals surface area contributed by atoms with Crippen molar-refractivity contribution < 1.29 is 47.6 Å². The zero-order chi connectivity index (χ0) is 33.4. The molecule has 0 spiro atoms. The van der Waals surface area contributed by atoms with Gasteiger partial charge >= 0.3 is 23.9 Å². The Morgan fingerprint density at radius 3 is 1.72 bits per heavy atom. The maximum Gasteiger partial charge on any atom is 0.303 e. The van der Waals surface area contributed by atoms with Crippen molar-refractivity contribution in [2.24, 2.45) is 0 Å². The van der Waals surface area contributed by atoms with E-state index in [9.17, 15) is 24.0 Å². The van der Waals surface area contributed by atoms with Gasteiger partial charge in [0.1, 0.15) is 62.7 Å². The molecule has 2 saturated heterocycles. The lowest BCUT2D eigenvalue weighted by Crippen LogP contribution is -2.31. The van der Waals surface area contributed by atoms with Crippen LogP contribution in [-0.4, -0.2) is 100 Å². The van der Waals surface area contributed by atoms with Crippen molar-refractivity contribution in [3.05, 3.63) is 35.7 Å². The van der Waals surface area contributed by atoms with E-state index >= 15 is 0 Å². The predicted octanol–water partition coefficient (Wildman–Crippen LogP) is 0.287. The Labute approximate surface area is 264 Å². The summed E-state index contributed by atoms with van der Waals surface area (Å²) >= 11 is 0. The van der Waals surface area contributed by atoms with Gasteiger partial charge in [-0.05, 0) is 0 Å². The molecule has 0 amide bonds. The summed E-state index contributed by atoms with van der Waals surface area (Å²) in [7, 11) is 0. The Hall–Kier alpha value is -5.30. The summed E-state index contributed by atoms with van der Waals surface area (Å²) in [5, 5.41) is 0. The first-order valence-electron chi connectivity index (χ1n) is 14.5. The lowest BCUT2D eigenvalue weighted by molar-refractivity contribution is -0.157. The van der Waals surface area contributed by atoms with Gasteiger partial charge in [0.05, 0.1) is 12.7 Å². The van der Waals surface area contributed by atoms with E-state index in [2.05, 4.69) is 24.9 Å². The number of hydrogen-bond acceptors (Lipinski definition) is 16. The minimum Gasteiger partial charge on any atom is -0.463 e. The van der Waals surface area contributed by atoms with E-state index in [4.69, 9.17) is 28.4 Å². The molecule has 0 unspecified atom stereocenters. The maximum atomic E-state index is 13.7. The number of hydrogen-bond donors (Lipinski definition) is 0. The van der Waals surface area contributed by atoms with Crippen molar-refractivity contribution in [1.82, 2.24) is 38.6 Å². The van der Waals surface area contributed by atoms with Crippen molar-refractivity contribution in [3.8, 4) is 5.82 Å². The Balaban J connectivity index is 1.28. The fraction of sp³-hybridized carbons (Fsp3) is 0.500. The molecular weight excluding hydrogens is 624 g/mol. The molecule has 47 heavy (non-hydrogen) atoms. The first-order chi connectivity index (χ1) is 22.5. The van der Waals surface area contributed by atoms with Crippen LogP contribution in [-0.2, 0) is 47.6 Å². The van der Waals surface area contributed by atoms with Gasteiger partial charge in [-0.2, -0.15) is 0 Å². The minimum atomic E-state index is -0.736. The molecule has 0 saturated carbocycles. The van der Waals surface area contributed by atoms with E-state index in [1.54, 1.807) is 9.13 Å². The molecule has 0 aromatic carbocycles. The van der Waals surface area contributed by atoms with E-state index in [1.165, 1.54) is 57.6 Å². The molecule has 6 rings (SSSR count). The van der Waals surface area contributed by atoms with E-state index in [0.717, 1.165) is 0 Å². The third kappa shape index (κ3) is 6.39. The zero-order valence-corrected chi connectivity index (χ0v) is 25.7. The Morgan fingerprint density at radius 2 is 1.21 bits per heavy atom. The van der Waals surface area contributed by atoms with Gasteiger partial charge in [-0.15, -0.1) is 0 Å². The maximum absolute atomic E-state index is 13.7. The molecule has 0 N–H and O–H groups in total. The van der Waals surface area contributed by atoms with Crippen LogP contribution in [0.5, 0.6) is 0 Å². The lowest BCUT2D eigenvalue weighted by Gasteiger charge is -2.17. The van der Waals surface area contributed by atoms with E-state index in [-0.39, 0.29) is 48.6 Å². The van der Waals surface area contributed by atoms with Gasteiger partial charge < -0.3 is 28.4 Å². The van der Waals surface area contributed by atoms with Gasteiger partial charge in [0.25, 0.3) is 5.56 Å². The smallest absolute Gasteiger partial charge is 0.303 e. The van der Waals surface area contributed by atoms with Crippen molar-refractivity contribution in [1.29, 1.82) is 0 Å². The summed E-state index contributed by atoms with van der Waals surface area (Å²) in [5.41, 5.74) is 0.232. The molecule has 4 aromatic rings. The summed E-state index contributed by atoms with van der Waals surface area (Å²) in [6, 6.07) is 0. The summed E-state index contributed by atoms with van der Waals surface area (Å²) in [6.07, 6.45) is 1.55. The molecule has 19 nitrogen and oxygen atoms in total. The highest BCUT2D eigenvalue weighted by Crippen LogP contribution is 2.34. The number of imidazole rings is 2. The first kappa shape index (κ1) is 31.7. The molecule has 2 aliphatic heterocycles. The van der Waals surface area contributed by atoms with Gasteiger partial charge in [-0.3, -0.25) is 33.1 Å². The number of carbonyl (C=O) groups excluding carboxylic acids is 4. The zero-order valence-electron chi connectivity index (χ0n) is 25.7. The summed E-state index contributed by atoms with van der Waals surface area (Å²) in [4.78, 5) is 81.6. The number of rotatable bonds is 9. The number of esters is 4. The highest BCUT2D eigenvalue weighted by atomic mass is 16.6. The minimum absolute atomic E-state index is 0.00595. The van der Waals surface area contributed by atoms with Gasteiger partial charge in [-0.1, -0.05) is 0 Å². The van der Waals surface area contributed by atoms with Crippen LogP contribution >= 0.6 is 0 Å². The molecule has 2 fully saturated rings. The van der Waals surface area contributed by atoms with Gasteiger partial charge in [0.2, 0.25) is 0 Å². The summed E-state index contributed by atoms with van der Waals surface area (Å²) in [6.45, 7) is 4.82. The van der Waals surface area contributed by atoms with Crippen LogP contribution in [0.1, 0.15) is 53.0 Å². The van der Waals surface area contributed by atoms with Crippen LogP contribution < -0.4 is 5.56 Å². The highest BCUT2D eigenvalue weighted by Gasteiger charge is 2.41. The lowest BCUT2D eigenvalue weighted by atomic mass is 10.2. The molecular formula is C28H30N8O11. The molecule has 4 aromatic heterocycles. The second-order valence-corrected chi connectivity index (χ2v) is 10.9. The average molecular weight is 655 g/mol. The van der Waals surface area contributed by atoms with Gasteiger partial charge in [-0.25, -0.2) is 29.5 Å². The average Bonchev–Trinajstić information content (AvgIpc) is 3.79. The largest absolute Gasteiger partial charge is 0.463 e. The van der Waals surface area contributed by atoms with Crippen LogP contribution in [0.2, 0.25) is 0 Å². The van der Waals surface area contributed by atoms with Crippen LogP contribution in [0.15, 0.2) is 30.1 Å². The van der Waals surface area contributed by atoms with Crippen LogP contribution in [0.4, 0.5) is 0 Å². The highest BCUT2D eigenvalue weighted by molar-refractivity contribution is 5.79. The molecule has 0 bridgehead atoms. The van der Waals surface area contributed by atoms with Crippen molar-refractivity contribution in [3.63, 3.8) is 0 Å². The number of nitrogens with zero attached hydrogens (tertiary/aromatic N) is 8. The predicted molar refractivity (Wildman–Crippen MR) is 153 cm³/mol. The number of ether oxygens (including phenoxy) is 6. The first-order valence-corrected chi connectivity index (χ1v) is 14.5. The number of fused-ring (bicyclic) bond motifs is 2. The van der Waals surface area contributed by atoms with E-state index < -0.39 is 66.3 Å². The van der Waals surface area contributed by atoms with Crippen LogP contribution in [0.25, 0.3) is 28.1 Å². The molecule has 248 valence electrons. The third-order valence-electron chi connectivity index (χ3n) is 7.57. The molecule has 0 aliphatic carbocycles.